The van der Waals surface area contributed by atoms with E-state index in [9.17, 15) is 29.8 Å². The Morgan fingerprint density at radius 3 is 1.61 bits per heavy atom. The van der Waals surface area contributed by atoms with Gasteiger partial charge in [0.2, 0.25) is 0 Å². The summed E-state index contributed by atoms with van der Waals surface area (Å²) in [5.41, 5.74) is 0. The lowest BCUT2D eigenvalue weighted by atomic mass is 10.2. The Morgan fingerprint density at radius 1 is 0.871 bits per heavy atom. The molecule has 14 nitrogen and oxygen atoms in total. The van der Waals surface area contributed by atoms with Gasteiger partial charge < -0.3 is 29.7 Å². The number of carbonyl (C=O) groups is 2. The predicted octanol–water partition coefficient (Wildman–Crippen LogP) is 1.47. The van der Waals surface area contributed by atoms with Crippen molar-refractivity contribution in [2.24, 2.45) is 0 Å². The fraction of sp³-hybridized carbons (Fsp3) is 0.529. The lowest BCUT2D eigenvalue weighted by Crippen LogP contribution is -2.15. The van der Waals surface area contributed by atoms with Gasteiger partial charge in [-0.05, 0) is 16.3 Å². The van der Waals surface area contributed by atoms with Crippen molar-refractivity contribution in [2.75, 3.05) is 13.2 Å². The molecule has 31 heavy (non-hydrogen) atoms. The molecule has 2 heterocycles. The standard InChI is InChI=1S/C17H22N6O8/c1-12-18-10-14(22(26)27)20(12)6-8-30-16(24)4-3-5-17(25)31-9-7-21-13(2)19-11-15(21)23(28)29/h10-11H,3-9H2,1-2H3. The van der Waals surface area contributed by atoms with Crippen LogP contribution < -0.4 is 0 Å². The predicted molar refractivity (Wildman–Crippen MR) is 103 cm³/mol. The number of rotatable bonds is 12. The Kier molecular flexibility index (Phi) is 8.16. The quantitative estimate of drug-likeness (QED) is 0.268. The van der Waals surface area contributed by atoms with Crippen molar-refractivity contribution in [3.63, 3.8) is 0 Å². The van der Waals surface area contributed by atoms with E-state index in [0.29, 0.717) is 11.6 Å². The zero-order valence-electron chi connectivity index (χ0n) is 17.1. The van der Waals surface area contributed by atoms with Crippen LogP contribution in [0.3, 0.4) is 0 Å². The number of ether oxygens (including phenoxy) is 2. The van der Waals surface area contributed by atoms with Crippen LogP contribution in [0.15, 0.2) is 12.4 Å². The molecule has 2 aromatic heterocycles. The van der Waals surface area contributed by atoms with Gasteiger partial charge in [-0.2, -0.15) is 0 Å². The van der Waals surface area contributed by atoms with E-state index in [2.05, 4.69) is 9.97 Å². The Bertz CT molecular complexity index is 890. The van der Waals surface area contributed by atoms with Crippen molar-refractivity contribution < 1.29 is 28.9 Å². The molecule has 0 aliphatic rings. The fourth-order valence-electron chi connectivity index (χ4n) is 2.78. The second kappa shape index (κ2) is 10.8. The third kappa shape index (κ3) is 6.58. The number of aryl methyl sites for hydroxylation is 2. The van der Waals surface area contributed by atoms with Crippen LogP contribution in [0.4, 0.5) is 11.6 Å². The van der Waals surface area contributed by atoms with Crippen LogP contribution in [0.1, 0.15) is 30.9 Å². The zero-order valence-corrected chi connectivity index (χ0v) is 17.1. The van der Waals surface area contributed by atoms with Crippen LogP contribution in [-0.2, 0) is 32.2 Å². The first kappa shape index (κ1) is 23.4. The Balaban J connectivity index is 1.63. The molecule has 2 rings (SSSR count). The van der Waals surface area contributed by atoms with Gasteiger partial charge in [0.25, 0.3) is 0 Å². The highest BCUT2D eigenvalue weighted by molar-refractivity contribution is 5.72. The summed E-state index contributed by atoms with van der Waals surface area (Å²) in [6.07, 6.45) is 2.43. The molecule has 0 N–H and O–H groups in total. The van der Waals surface area contributed by atoms with Gasteiger partial charge in [0.05, 0.1) is 0 Å². The molecule has 0 saturated carbocycles. The van der Waals surface area contributed by atoms with E-state index in [0.717, 1.165) is 12.4 Å². The third-order valence-corrected chi connectivity index (χ3v) is 4.36. The first-order chi connectivity index (χ1) is 14.7. The largest absolute Gasteiger partial charge is 0.461 e. The molecule has 0 radical (unpaired) electrons. The number of carbonyl (C=O) groups excluding carboxylic acids is 2. The summed E-state index contributed by atoms with van der Waals surface area (Å²) in [5.74, 6) is -0.598. The number of hydrogen-bond acceptors (Lipinski definition) is 10. The van der Waals surface area contributed by atoms with Gasteiger partial charge in [-0.3, -0.25) is 9.59 Å². The van der Waals surface area contributed by atoms with Crippen molar-refractivity contribution in [3.8, 4) is 0 Å². The Hall–Kier alpha value is -3.84. The van der Waals surface area contributed by atoms with E-state index in [1.54, 1.807) is 13.8 Å². The molecule has 0 aliphatic heterocycles. The molecule has 168 valence electrons. The summed E-state index contributed by atoms with van der Waals surface area (Å²) in [7, 11) is 0. The molecule has 0 unspecified atom stereocenters. The maximum Gasteiger partial charge on any atom is 0.342 e. The van der Waals surface area contributed by atoms with Gasteiger partial charge in [0, 0.05) is 26.7 Å². The van der Waals surface area contributed by atoms with E-state index in [4.69, 9.17) is 9.47 Å². The molecule has 2 aromatic rings. The average Bonchev–Trinajstić information content (AvgIpc) is 3.25. The van der Waals surface area contributed by atoms with Crippen LogP contribution in [-0.4, -0.2) is 54.1 Å². The number of imidazole rings is 2. The van der Waals surface area contributed by atoms with Gasteiger partial charge >= 0.3 is 23.6 Å². The molecule has 0 aliphatic carbocycles. The van der Waals surface area contributed by atoms with Gasteiger partial charge in [-0.15, -0.1) is 0 Å². The highest BCUT2D eigenvalue weighted by atomic mass is 16.6. The van der Waals surface area contributed by atoms with Crippen LogP contribution in [0.25, 0.3) is 0 Å². The number of nitro groups is 2. The minimum atomic E-state index is -0.570. The number of esters is 2. The monoisotopic (exact) mass is 438 g/mol. The van der Waals surface area contributed by atoms with Crippen molar-refractivity contribution >= 4 is 23.6 Å². The van der Waals surface area contributed by atoms with Gasteiger partial charge in [0.1, 0.15) is 38.7 Å². The van der Waals surface area contributed by atoms with E-state index in [-0.39, 0.29) is 57.2 Å². The van der Waals surface area contributed by atoms with Crippen molar-refractivity contribution in [1.82, 2.24) is 19.1 Å². The summed E-state index contributed by atoms with van der Waals surface area (Å²) in [4.78, 5) is 51.9. The topological polar surface area (TPSA) is 175 Å². The minimum absolute atomic E-state index is 0.0216. The molecule has 0 fully saturated rings. The lowest BCUT2D eigenvalue weighted by Gasteiger charge is -2.06. The third-order valence-electron chi connectivity index (χ3n) is 4.36. The summed E-state index contributed by atoms with van der Waals surface area (Å²) >= 11 is 0. The maximum absolute atomic E-state index is 11.8. The van der Waals surface area contributed by atoms with E-state index < -0.39 is 21.8 Å². The van der Waals surface area contributed by atoms with E-state index in [1.165, 1.54) is 9.13 Å². The maximum atomic E-state index is 11.8. The number of aromatic nitrogens is 4. The molecule has 0 spiro atoms. The molecule has 14 heteroatoms. The molecule has 0 saturated heterocycles. The second-order valence-corrected chi connectivity index (χ2v) is 6.44. The fourth-order valence-corrected chi connectivity index (χ4v) is 2.78. The average molecular weight is 438 g/mol. The van der Waals surface area contributed by atoms with Gasteiger partial charge in [0.15, 0.2) is 11.6 Å². The summed E-state index contributed by atoms with van der Waals surface area (Å²) < 4.78 is 12.7. The normalized spacial score (nSPS) is 10.6. The van der Waals surface area contributed by atoms with Gasteiger partial charge in [-0.1, -0.05) is 0 Å². The SMILES string of the molecule is Cc1ncc([N+](=O)[O-])n1CCOC(=O)CCCC(=O)OCCn1c([N+](=O)[O-])cnc1C. The molecule has 0 bridgehead atoms. The molecular weight excluding hydrogens is 416 g/mol. The van der Waals surface area contributed by atoms with Crippen molar-refractivity contribution in [2.45, 2.75) is 46.2 Å². The highest BCUT2D eigenvalue weighted by Crippen LogP contribution is 2.14. The Labute approximate surface area is 176 Å². The van der Waals surface area contributed by atoms with Crippen molar-refractivity contribution in [1.29, 1.82) is 0 Å². The van der Waals surface area contributed by atoms with Crippen LogP contribution >= 0.6 is 0 Å². The number of hydrogen-bond donors (Lipinski definition) is 0. The first-order valence-corrected chi connectivity index (χ1v) is 9.35. The smallest absolute Gasteiger partial charge is 0.342 e. The zero-order chi connectivity index (χ0) is 23.0. The van der Waals surface area contributed by atoms with Crippen LogP contribution in [0, 0.1) is 34.1 Å². The second-order valence-electron chi connectivity index (χ2n) is 6.44. The molecular formula is C17H22N6O8. The number of nitrogens with zero attached hydrogens (tertiary/aromatic N) is 6. The molecule has 0 amide bonds. The Morgan fingerprint density at radius 2 is 1.26 bits per heavy atom. The van der Waals surface area contributed by atoms with E-state index in [1.807, 2.05) is 0 Å². The first-order valence-electron chi connectivity index (χ1n) is 9.35. The lowest BCUT2D eigenvalue weighted by molar-refractivity contribution is -0.392. The van der Waals surface area contributed by atoms with E-state index >= 15 is 0 Å². The highest BCUT2D eigenvalue weighted by Gasteiger charge is 2.19. The summed E-state index contributed by atoms with van der Waals surface area (Å²) in [6, 6.07) is 0. The molecule has 0 aromatic carbocycles. The minimum Gasteiger partial charge on any atom is -0.461 e. The summed E-state index contributed by atoms with van der Waals surface area (Å²) in [6.45, 7) is 3.26. The van der Waals surface area contributed by atoms with Crippen LogP contribution in [0.5, 0.6) is 0 Å². The van der Waals surface area contributed by atoms with Crippen LogP contribution in [0.2, 0.25) is 0 Å². The molecule has 0 atom stereocenters. The van der Waals surface area contributed by atoms with Gasteiger partial charge in [-0.25, -0.2) is 19.1 Å². The van der Waals surface area contributed by atoms with Crippen molar-refractivity contribution in [3.05, 3.63) is 44.3 Å². The summed E-state index contributed by atoms with van der Waals surface area (Å²) in [5, 5.41) is 21.8.